The highest BCUT2D eigenvalue weighted by molar-refractivity contribution is 6.13. The average molecular weight is 554 g/mol. The Hall–Kier alpha value is -4.26. The molecule has 1 aromatic heterocycles. The van der Waals surface area contributed by atoms with Crippen molar-refractivity contribution < 1.29 is 14.3 Å². The molecule has 5 rings (SSSR count). The van der Waals surface area contributed by atoms with Gasteiger partial charge >= 0.3 is 5.97 Å². The van der Waals surface area contributed by atoms with E-state index in [1.165, 1.54) is 0 Å². The summed E-state index contributed by atoms with van der Waals surface area (Å²) in [6, 6.07) is 30.5. The summed E-state index contributed by atoms with van der Waals surface area (Å²) in [5.74, 6) is -0.621. The summed E-state index contributed by atoms with van der Waals surface area (Å²) in [5.41, 5.74) is 4.02. The number of ether oxygens (including phenoxy) is 1. The van der Waals surface area contributed by atoms with Crippen molar-refractivity contribution in [1.82, 2.24) is 9.88 Å². The number of likely N-dealkylation sites (N-methyl/N-ethyl adjacent to an activating group) is 1. The number of nitrogens with zero attached hydrogens (tertiary/aromatic N) is 2. The van der Waals surface area contributed by atoms with Gasteiger partial charge in [-0.1, -0.05) is 74.5 Å². The first-order chi connectivity index (χ1) is 19.1. The molecule has 7 heteroatoms. The van der Waals surface area contributed by atoms with Gasteiger partial charge in [0.25, 0.3) is 5.91 Å². The summed E-state index contributed by atoms with van der Waals surface area (Å²) >= 11 is 0. The van der Waals surface area contributed by atoms with Crippen LogP contribution in [0.5, 0.6) is 0 Å². The number of para-hydroxylation sites is 1. The summed E-state index contributed by atoms with van der Waals surface area (Å²) in [5, 5.41) is 5.94. The molecule has 6 nitrogen and oxygen atoms in total. The second-order valence-electron chi connectivity index (χ2n) is 9.29. The van der Waals surface area contributed by atoms with Crippen LogP contribution in [0, 0.1) is 0 Å². The molecule has 0 saturated carbocycles. The molecule has 0 unspecified atom stereocenters. The highest BCUT2D eigenvalue weighted by Crippen LogP contribution is 2.31. The number of hydrogen-bond donors (Lipinski definition) is 1. The molecule has 0 radical (unpaired) electrons. The predicted molar refractivity (Wildman–Crippen MR) is 164 cm³/mol. The van der Waals surface area contributed by atoms with E-state index in [4.69, 9.17) is 9.72 Å². The predicted octanol–water partition coefficient (Wildman–Crippen LogP) is 7.23. The lowest BCUT2D eigenvalue weighted by Crippen LogP contribution is -2.27. The zero-order valence-electron chi connectivity index (χ0n) is 22.6. The lowest BCUT2D eigenvalue weighted by Gasteiger charge is -2.17. The highest BCUT2D eigenvalue weighted by atomic mass is 35.5. The number of aromatic nitrogens is 1. The maximum Gasteiger partial charge on any atom is 0.338 e. The van der Waals surface area contributed by atoms with E-state index < -0.39 is 0 Å². The first-order valence-corrected chi connectivity index (χ1v) is 13.3. The number of esters is 1. The van der Waals surface area contributed by atoms with E-state index in [-0.39, 0.29) is 24.3 Å². The standard InChI is InChI=1S/C33H31N3O3.ClH/c1-3-36(4-2)20-21-39-33(38)24-16-18-25(19-17-24)34-32(37)29-22-31(35-30-15-8-7-13-28(29)30)27-14-9-11-23-10-5-6-12-26(23)27;/h5-19,22H,3-4,20-21H2,1-2H3,(H,34,37);1H. The van der Waals surface area contributed by atoms with Gasteiger partial charge in [0.2, 0.25) is 0 Å². The number of rotatable bonds is 9. The van der Waals surface area contributed by atoms with Crippen molar-refractivity contribution >= 4 is 51.6 Å². The molecule has 0 atom stereocenters. The van der Waals surface area contributed by atoms with Gasteiger partial charge in [-0.05, 0) is 60.3 Å². The first-order valence-electron chi connectivity index (χ1n) is 13.3. The highest BCUT2D eigenvalue weighted by Gasteiger charge is 2.16. The van der Waals surface area contributed by atoms with Crippen molar-refractivity contribution in [2.75, 3.05) is 31.6 Å². The third kappa shape index (κ3) is 6.30. The fourth-order valence-corrected chi connectivity index (χ4v) is 4.73. The number of fused-ring (bicyclic) bond motifs is 2. The van der Waals surface area contributed by atoms with Crippen LogP contribution in [-0.4, -0.2) is 48.0 Å². The largest absolute Gasteiger partial charge is 0.461 e. The van der Waals surface area contributed by atoms with Gasteiger partial charge in [-0.3, -0.25) is 4.79 Å². The number of halogens is 1. The summed E-state index contributed by atoms with van der Waals surface area (Å²) in [7, 11) is 0. The van der Waals surface area contributed by atoms with Gasteiger partial charge in [0.05, 0.1) is 22.3 Å². The van der Waals surface area contributed by atoms with Crippen LogP contribution in [0.2, 0.25) is 0 Å². The van der Waals surface area contributed by atoms with Crippen LogP contribution in [0.3, 0.4) is 0 Å². The molecule has 0 aliphatic rings. The lowest BCUT2D eigenvalue weighted by atomic mass is 9.99. The molecule has 1 heterocycles. The molecule has 0 bridgehead atoms. The molecular formula is C33H32ClN3O3. The number of amides is 1. The van der Waals surface area contributed by atoms with Gasteiger partial charge in [0.1, 0.15) is 6.61 Å². The van der Waals surface area contributed by atoms with Crippen LogP contribution in [0.15, 0.2) is 97.1 Å². The minimum absolute atomic E-state index is 0. The number of carbonyl (C=O) groups excluding carboxylic acids is 2. The van der Waals surface area contributed by atoms with Crippen LogP contribution in [0.4, 0.5) is 5.69 Å². The second-order valence-corrected chi connectivity index (χ2v) is 9.29. The van der Waals surface area contributed by atoms with E-state index in [2.05, 4.69) is 42.3 Å². The zero-order valence-corrected chi connectivity index (χ0v) is 23.4. The van der Waals surface area contributed by atoms with Crippen molar-refractivity contribution in [3.05, 3.63) is 108 Å². The number of pyridine rings is 1. The number of benzene rings is 4. The first kappa shape index (κ1) is 28.7. The van der Waals surface area contributed by atoms with Crippen molar-refractivity contribution in [3.8, 4) is 11.3 Å². The fourth-order valence-electron chi connectivity index (χ4n) is 4.73. The quantitative estimate of drug-likeness (QED) is 0.195. The van der Waals surface area contributed by atoms with E-state index in [1.54, 1.807) is 24.3 Å². The van der Waals surface area contributed by atoms with Gasteiger partial charge in [0, 0.05) is 23.2 Å². The Bertz CT molecular complexity index is 1630. The van der Waals surface area contributed by atoms with Crippen LogP contribution in [0.25, 0.3) is 32.9 Å². The third-order valence-electron chi connectivity index (χ3n) is 6.94. The van der Waals surface area contributed by atoms with Crippen molar-refractivity contribution in [1.29, 1.82) is 0 Å². The van der Waals surface area contributed by atoms with E-state index in [0.29, 0.717) is 30.0 Å². The van der Waals surface area contributed by atoms with Gasteiger partial charge in [-0.2, -0.15) is 0 Å². The van der Waals surface area contributed by atoms with E-state index in [1.807, 2.05) is 54.6 Å². The molecule has 0 fully saturated rings. The molecule has 0 aliphatic heterocycles. The van der Waals surface area contributed by atoms with Crippen molar-refractivity contribution in [3.63, 3.8) is 0 Å². The smallest absolute Gasteiger partial charge is 0.338 e. The molecule has 4 aromatic carbocycles. The van der Waals surface area contributed by atoms with E-state index in [9.17, 15) is 9.59 Å². The number of nitrogens with one attached hydrogen (secondary N) is 1. The zero-order chi connectivity index (χ0) is 27.2. The maximum absolute atomic E-state index is 13.5. The molecule has 204 valence electrons. The topological polar surface area (TPSA) is 71.5 Å². The number of hydrogen-bond acceptors (Lipinski definition) is 5. The Kier molecular flexibility index (Phi) is 9.48. The minimum Gasteiger partial charge on any atom is -0.461 e. The monoisotopic (exact) mass is 553 g/mol. The van der Waals surface area contributed by atoms with Gasteiger partial charge in [-0.25, -0.2) is 9.78 Å². The van der Waals surface area contributed by atoms with Crippen molar-refractivity contribution in [2.45, 2.75) is 13.8 Å². The Morgan fingerprint density at radius 3 is 2.25 bits per heavy atom. The molecule has 5 aromatic rings. The maximum atomic E-state index is 13.5. The minimum atomic E-state index is -0.375. The summed E-state index contributed by atoms with van der Waals surface area (Å²) in [6.07, 6.45) is 0. The van der Waals surface area contributed by atoms with Crippen LogP contribution < -0.4 is 5.32 Å². The number of anilines is 1. The van der Waals surface area contributed by atoms with Crippen molar-refractivity contribution in [2.24, 2.45) is 0 Å². The van der Waals surface area contributed by atoms with Crippen LogP contribution in [0.1, 0.15) is 34.6 Å². The fraction of sp³-hybridized carbons (Fsp3) is 0.182. The summed E-state index contributed by atoms with van der Waals surface area (Å²) in [4.78, 5) is 33.0. The molecule has 0 aliphatic carbocycles. The average Bonchev–Trinajstić information content (AvgIpc) is 2.98. The SMILES string of the molecule is CCN(CC)CCOC(=O)c1ccc(NC(=O)c2cc(-c3cccc4ccccc34)nc3ccccc23)cc1.Cl. The molecule has 0 spiro atoms. The van der Waals surface area contributed by atoms with E-state index in [0.717, 1.165) is 46.0 Å². The Balaban J connectivity index is 0.00000370. The Labute approximate surface area is 240 Å². The summed E-state index contributed by atoms with van der Waals surface area (Å²) in [6.45, 7) is 7.03. The van der Waals surface area contributed by atoms with E-state index >= 15 is 0 Å². The van der Waals surface area contributed by atoms with Crippen LogP contribution >= 0.6 is 12.4 Å². The van der Waals surface area contributed by atoms with Gasteiger partial charge in [0.15, 0.2) is 0 Å². The van der Waals surface area contributed by atoms with Gasteiger partial charge in [-0.15, -0.1) is 12.4 Å². The van der Waals surface area contributed by atoms with Crippen LogP contribution in [-0.2, 0) is 4.74 Å². The number of carbonyl (C=O) groups is 2. The molecule has 0 saturated heterocycles. The third-order valence-corrected chi connectivity index (χ3v) is 6.94. The normalized spacial score (nSPS) is 10.9. The van der Waals surface area contributed by atoms with Gasteiger partial charge < -0.3 is 15.0 Å². The molecule has 40 heavy (non-hydrogen) atoms. The molecule has 1 amide bonds. The molecular weight excluding hydrogens is 522 g/mol. The second kappa shape index (κ2) is 13.2. The summed E-state index contributed by atoms with van der Waals surface area (Å²) < 4.78 is 5.41. The Morgan fingerprint density at radius 2 is 1.50 bits per heavy atom. The lowest BCUT2D eigenvalue weighted by molar-refractivity contribution is 0.0466. The Morgan fingerprint density at radius 1 is 0.825 bits per heavy atom. The molecule has 1 N–H and O–H groups in total.